The molecule has 0 amide bonds. The number of H-pyrrole nitrogens is 1. The highest BCUT2D eigenvalue weighted by molar-refractivity contribution is 5.78. The molecular formula is C10H9NO2. The van der Waals surface area contributed by atoms with Gasteiger partial charge in [-0.15, -0.1) is 0 Å². The molecular weight excluding hydrogens is 166 g/mol. The molecule has 0 bridgehead atoms. The van der Waals surface area contributed by atoms with Crippen LogP contribution in [0.1, 0.15) is 5.69 Å². The van der Waals surface area contributed by atoms with Gasteiger partial charge in [0.25, 0.3) is 0 Å². The number of benzene rings is 1. The molecule has 1 aromatic heterocycles. The number of hydrogen-bond acceptors (Lipinski definition) is 2. The van der Waals surface area contributed by atoms with Gasteiger partial charge in [-0.25, -0.2) is 0 Å². The van der Waals surface area contributed by atoms with Gasteiger partial charge in [0.1, 0.15) is 0 Å². The lowest BCUT2D eigenvalue weighted by Gasteiger charge is -1.99. The van der Waals surface area contributed by atoms with Gasteiger partial charge in [0, 0.05) is 22.7 Å². The van der Waals surface area contributed by atoms with Crippen LogP contribution in [0.4, 0.5) is 0 Å². The van der Waals surface area contributed by atoms with E-state index in [0.29, 0.717) is 11.1 Å². The average Bonchev–Trinajstić information content (AvgIpc) is 2.18. The standard InChI is InChI=1S/C10H9NO2/c12-6-7-5-10(13)8-3-1-2-4-9(8)11-7/h1-5,12H,6H2,(H,11,13). The van der Waals surface area contributed by atoms with E-state index in [1.807, 2.05) is 18.2 Å². The van der Waals surface area contributed by atoms with Crippen molar-refractivity contribution in [1.29, 1.82) is 0 Å². The normalized spacial score (nSPS) is 10.5. The van der Waals surface area contributed by atoms with Gasteiger partial charge in [-0.05, 0) is 12.1 Å². The molecule has 0 saturated carbocycles. The van der Waals surface area contributed by atoms with Crippen molar-refractivity contribution in [2.24, 2.45) is 0 Å². The van der Waals surface area contributed by atoms with Crippen molar-refractivity contribution in [3.8, 4) is 0 Å². The second-order valence-corrected chi connectivity index (χ2v) is 2.86. The number of para-hydroxylation sites is 1. The Bertz CT molecular complexity index is 487. The molecule has 66 valence electrons. The lowest BCUT2D eigenvalue weighted by molar-refractivity contribution is 0.277. The average molecular weight is 175 g/mol. The second kappa shape index (κ2) is 3.03. The molecule has 0 spiro atoms. The second-order valence-electron chi connectivity index (χ2n) is 2.86. The summed E-state index contributed by atoms with van der Waals surface area (Å²) in [6.07, 6.45) is 0. The molecule has 1 heterocycles. The number of aliphatic hydroxyl groups is 1. The number of nitrogens with one attached hydrogen (secondary N) is 1. The smallest absolute Gasteiger partial charge is 0.189 e. The predicted octanol–water partition coefficient (Wildman–Crippen LogP) is 1.02. The van der Waals surface area contributed by atoms with E-state index >= 15 is 0 Å². The summed E-state index contributed by atoms with van der Waals surface area (Å²) in [5, 5.41) is 9.50. The lowest BCUT2D eigenvalue weighted by atomic mass is 10.2. The SMILES string of the molecule is O=c1cc(CO)[nH]c2ccccc12. The van der Waals surface area contributed by atoms with E-state index in [2.05, 4.69) is 4.98 Å². The van der Waals surface area contributed by atoms with Crippen LogP contribution in [0.2, 0.25) is 0 Å². The minimum Gasteiger partial charge on any atom is -0.390 e. The van der Waals surface area contributed by atoms with Crippen LogP contribution in [0.15, 0.2) is 35.1 Å². The summed E-state index contributed by atoms with van der Waals surface area (Å²) in [6, 6.07) is 8.66. The Hall–Kier alpha value is -1.61. The Kier molecular flexibility index (Phi) is 1.87. The first-order chi connectivity index (χ1) is 6.31. The quantitative estimate of drug-likeness (QED) is 0.679. The van der Waals surface area contributed by atoms with Crippen LogP contribution in [0, 0.1) is 0 Å². The first-order valence-corrected chi connectivity index (χ1v) is 4.03. The van der Waals surface area contributed by atoms with Crippen molar-refractivity contribution in [2.75, 3.05) is 0 Å². The number of hydrogen-bond donors (Lipinski definition) is 2. The van der Waals surface area contributed by atoms with E-state index in [0.717, 1.165) is 5.52 Å². The highest BCUT2D eigenvalue weighted by Gasteiger charge is 1.99. The topological polar surface area (TPSA) is 53.1 Å². The Morgan fingerprint density at radius 1 is 1.31 bits per heavy atom. The molecule has 2 aromatic rings. The molecule has 0 fully saturated rings. The van der Waals surface area contributed by atoms with Crippen LogP contribution in [0.5, 0.6) is 0 Å². The molecule has 0 unspecified atom stereocenters. The lowest BCUT2D eigenvalue weighted by Crippen LogP contribution is -2.04. The third kappa shape index (κ3) is 1.34. The summed E-state index contributed by atoms with van der Waals surface area (Å²) in [4.78, 5) is 14.4. The molecule has 13 heavy (non-hydrogen) atoms. The Labute approximate surface area is 74.7 Å². The predicted molar refractivity (Wildman–Crippen MR) is 50.5 cm³/mol. The molecule has 0 atom stereocenters. The van der Waals surface area contributed by atoms with Crippen LogP contribution in [-0.2, 0) is 6.61 Å². The van der Waals surface area contributed by atoms with Gasteiger partial charge in [-0.1, -0.05) is 12.1 Å². The third-order valence-electron chi connectivity index (χ3n) is 1.96. The van der Waals surface area contributed by atoms with Crippen molar-refractivity contribution >= 4 is 10.9 Å². The van der Waals surface area contributed by atoms with Crippen molar-refractivity contribution in [3.63, 3.8) is 0 Å². The van der Waals surface area contributed by atoms with Gasteiger partial charge in [0.2, 0.25) is 0 Å². The minimum atomic E-state index is -0.139. The van der Waals surface area contributed by atoms with Crippen LogP contribution in [0.25, 0.3) is 10.9 Å². The molecule has 2 N–H and O–H groups in total. The van der Waals surface area contributed by atoms with Gasteiger partial charge >= 0.3 is 0 Å². The summed E-state index contributed by atoms with van der Waals surface area (Å²) in [7, 11) is 0. The number of pyridine rings is 1. The van der Waals surface area contributed by atoms with Crippen molar-refractivity contribution < 1.29 is 5.11 Å². The minimum absolute atomic E-state index is 0.0570. The van der Waals surface area contributed by atoms with Gasteiger partial charge in [0.05, 0.1) is 6.61 Å². The van der Waals surface area contributed by atoms with Gasteiger partial charge in [-0.2, -0.15) is 0 Å². The molecule has 3 nitrogen and oxygen atoms in total. The zero-order chi connectivity index (χ0) is 9.26. The van der Waals surface area contributed by atoms with Gasteiger partial charge < -0.3 is 10.1 Å². The highest BCUT2D eigenvalue weighted by atomic mass is 16.3. The fourth-order valence-electron chi connectivity index (χ4n) is 1.34. The summed E-state index contributed by atoms with van der Waals surface area (Å²) >= 11 is 0. The summed E-state index contributed by atoms with van der Waals surface area (Å²) in [6.45, 7) is -0.139. The zero-order valence-electron chi connectivity index (χ0n) is 6.95. The van der Waals surface area contributed by atoms with Gasteiger partial charge in [-0.3, -0.25) is 4.79 Å². The first kappa shape index (κ1) is 8.01. The number of fused-ring (bicyclic) bond motifs is 1. The monoisotopic (exact) mass is 175 g/mol. The summed E-state index contributed by atoms with van der Waals surface area (Å²) in [5.41, 5.74) is 1.25. The fraction of sp³-hybridized carbons (Fsp3) is 0.100. The molecule has 0 aliphatic carbocycles. The number of aromatic nitrogens is 1. The van der Waals surface area contributed by atoms with Crippen LogP contribution in [-0.4, -0.2) is 10.1 Å². The molecule has 0 radical (unpaired) electrons. The van der Waals surface area contributed by atoms with E-state index in [9.17, 15) is 4.79 Å². The molecule has 3 heteroatoms. The number of aromatic amines is 1. The molecule has 0 aliphatic rings. The largest absolute Gasteiger partial charge is 0.390 e. The molecule has 0 aliphatic heterocycles. The number of aliphatic hydroxyl groups excluding tert-OH is 1. The van der Waals surface area contributed by atoms with Gasteiger partial charge in [0.15, 0.2) is 5.43 Å². The summed E-state index contributed by atoms with van der Waals surface area (Å²) in [5.74, 6) is 0. The molecule has 1 aromatic carbocycles. The fourth-order valence-corrected chi connectivity index (χ4v) is 1.34. The highest BCUT2D eigenvalue weighted by Crippen LogP contribution is 2.06. The Morgan fingerprint density at radius 2 is 2.08 bits per heavy atom. The van der Waals surface area contributed by atoms with Crippen LogP contribution in [0.3, 0.4) is 0 Å². The van der Waals surface area contributed by atoms with E-state index in [1.54, 1.807) is 6.07 Å². The maximum absolute atomic E-state index is 11.4. The number of rotatable bonds is 1. The maximum atomic E-state index is 11.4. The third-order valence-corrected chi connectivity index (χ3v) is 1.96. The first-order valence-electron chi connectivity index (χ1n) is 4.03. The van der Waals surface area contributed by atoms with E-state index < -0.39 is 0 Å². The maximum Gasteiger partial charge on any atom is 0.189 e. The van der Waals surface area contributed by atoms with E-state index in [1.165, 1.54) is 6.07 Å². The van der Waals surface area contributed by atoms with Crippen molar-refractivity contribution in [3.05, 3.63) is 46.2 Å². The van der Waals surface area contributed by atoms with E-state index in [4.69, 9.17) is 5.11 Å². The zero-order valence-corrected chi connectivity index (χ0v) is 6.95. The summed E-state index contributed by atoms with van der Waals surface area (Å²) < 4.78 is 0. The van der Waals surface area contributed by atoms with Crippen LogP contribution >= 0.6 is 0 Å². The van der Waals surface area contributed by atoms with Crippen LogP contribution < -0.4 is 5.43 Å². The molecule has 2 rings (SSSR count). The van der Waals surface area contributed by atoms with Crippen molar-refractivity contribution in [1.82, 2.24) is 4.98 Å². The van der Waals surface area contributed by atoms with E-state index in [-0.39, 0.29) is 12.0 Å². The van der Waals surface area contributed by atoms with Crippen molar-refractivity contribution in [2.45, 2.75) is 6.61 Å². The Morgan fingerprint density at radius 3 is 2.85 bits per heavy atom. The molecule has 0 saturated heterocycles. The Balaban J connectivity index is 2.85.